The van der Waals surface area contributed by atoms with Gasteiger partial charge in [-0.15, -0.1) is 0 Å². The third-order valence-electron chi connectivity index (χ3n) is 4.80. The zero-order valence-electron chi connectivity index (χ0n) is 17.7. The summed E-state index contributed by atoms with van der Waals surface area (Å²) in [5.41, 5.74) is 0.675. The quantitative estimate of drug-likeness (QED) is 0.542. The Balaban J connectivity index is 1.93. The van der Waals surface area contributed by atoms with Crippen molar-refractivity contribution in [3.05, 3.63) is 59.0 Å². The van der Waals surface area contributed by atoms with E-state index < -0.39 is 15.6 Å². The fourth-order valence-corrected chi connectivity index (χ4v) is 4.54. The molecule has 1 aromatic carbocycles. The molecule has 164 valence electrons. The van der Waals surface area contributed by atoms with E-state index in [1.807, 2.05) is 37.4 Å². The number of aromatic nitrogens is 1. The van der Waals surface area contributed by atoms with Crippen LogP contribution in [0.15, 0.2) is 58.4 Å². The summed E-state index contributed by atoms with van der Waals surface area (Å²) in [6.07, 6.45) is 1.97. The van der Waals surface area contributed by atoms with Crippen molar-refractivity contribution in [3.8, 4) is 0 Å². The van der Waals surface area contributed by atoms with Gasteiger partial charge in [0.25, 0.3) is 5.56 Å². The monoisotopic (exact) mass is 434 g/mol. The molecule has 30 heavy (non-hydrogen) atoms. The highest BCUT2D eigenvalue weighted by atomic mass is 32.2. The third kappa shape index (κ3) is 6.17. The second kappa shape index (κ2) is 10.9. The van der Waals surface area contributed by atoms with Crippen molar-refractivity contribution in [2.45, 2.75) is 31.7 Å². The second-order valence-corrected chi connectivity index (χ2v) is 8.82. The van der Waals surface area contributed by atoms with Crippen molar-refractivity contribution in [2.75, 3.05) is 38.1 Å². The number of benzene rings is 1. The molecule has 9 heteroatoms. The van der Waals surface area contributed by atoms with E-state index in [4.69, 9.17) is 0 Å². The molecular formula is C21H30N4O4S. The molecule has 0 aliphatic heterocycles. The largest absolute Gasteiger partial charge is 0.375 e. The summed E-state index contributed by atoms with van der Waals surface area (Å²) in [4.78, 5) is 26.4. The molecule has 0 saturated heterocycles. The lowest BCUT2D eigenvalue weighted by Crippen LogP contribution is -2.35. The first-order valence-corrected chi connectivity index (χ1v) is 11.5. The summed E-state index contributed by atoms with van der Waals surface area (Å²) >= 11 is 0. The van der Waals surface area contributed by atoms with E-state index in [-0.39, 0.29) is 17.3 Å². The number of hydrogen-bond acceptors (Lipinski definition) is 5. The summed E-state index contributed by atoms with van der Waals surface area (Å²) in [5, 5.41) is 2.78. The highest BCUT2D eigenvalue weighted by molar-refractivity contribution is 7.89. The molecule has 0 aliphatic rings. The molecule has 0 saturated carbocycles. The van der Waals surface area contributed by atoms with Gasteiger partial charge in [0.05, 0.1) is 4.90 Å². The van der Waals surface area contributed by atoms with E-state index >= 15 is 0 Å². The first-order valence-electron chi connectivity index (χ1n) is 10.0. The minimum atomic E-state index is -3.70. The fraction of sp³-hybridized carbons (Fsp3) is 0.429. The van der Waals surface area contributed by atoms with Crippen LogP contribution in [0.1, 0.15) is 20.3 Å². The number of anilines is 1. The Morgan fingerprint density at radius 3 is 2.37 bits per heavy atom. The third-order valence-corrected chi connectivity index (χ3v) is 6.84. The van der Waals surface area contributed by atoms with Gasteiger partial charge < -0.3 is 14.8 Å². The topological polar surface area (TPSA) is 91.7 Å². The van der Waals surface area contributed by atoms with Crippen molar-refractivity contribution in [2.24, 2.45) is 0 Å². The number of amides is 1. The van der Waals surface area contributed by atoms with E-state index in [9.17, 15) is 18.0 Å². The van der Waals surface area contributed by atoms with E-state index in [1.165, 1.54) is 22.6 Å². The average Bonchev–Trinajstić information content (AvgIpc) is 2.73. The number of nitrogens with one attached hydrogen (secondary N) is 1. The number of rotatable bonds is 11. The summed E-state index contributed by atoms with van der Waals surface area (Å²) in [6.45, 7) is 5.16. The number of carbonyl (C=O) groups excluding carboxylic acids is 1. The molecule has 0 spiro atoms. The minimum Gasteiger partial charge on any atom is -0.375 e. The zero-order valence-corrected chi connectivity index (χ0v) is 18.6. The summed E-state index contributed by atoms with van der Waals surface area (Å²) in [7, 11) is -1.71. The predicted molar refractivity (Wildman–Crippen MR) is 118 cm³/mol. The maximum Gasteiger partial charge on any atom is 0.251 e. The Hall–Kier alpha value is -2.65. The first-order chi connectivity index (χ1) is 14.3. The van der Waals surface area contributed by atoms with Crippen LogP contribution in [-0.2, 0) is 21.4 Å². The van der Waals surface area contributed by atoms with E-state index in [1.54, 1.807) is 13.8 Å². The van der Waals surface area contributed by atoms with Crippen molar-refractivity contribution in [3.63, 3.8) is 0 Å². The van der Waals surface area contributed by atoms with Gasteiger partial charge in [-0.05, 0) is 24.6 Å². The smallest absolute Gasteiger partial charge is 0.251 e. The summed E-state index contributed by atoms with van der Waals surface area (Å²) < 4.78 is 27.7. The van der Waals surface area contributed by atoms with Crippen molar-refractivity contribution in [1.29, 1.82) is 0 Å². The predicted octanol–water partition coefficient (Wildman–Crippen LogP) is 1.52. The van der Waals surface area contributed by atoms with Crippen LogP contribution in [-0.4, -0.2) is 56.4 Å². The Kier molecular flexibility index (Phi) is 8.61. The highest BCUT2D eigenvalue weighted by Crippen LogP contribution is 2.13. The van der Waals surface area contributed by atoms with Crippen LogP contribution < -0.4 is 15.8 Å². The standard InChI is InChI=1S/C21H30N4O4S/c1-4-25(5-2)30(28,29)19-12-13-21(27)24(16-19)17-20(26)22-14-9-15-23(3)18-10-7-6-8-11-18/h6-8,10-13,16H,4-5,9,14-15,17H2,1-3H3,(H,22,26). The number of para-hydroxylation sites is 1. The van der Waals surface area contributed by atoms with Crippen LogP contribution >= 0.6 is 0 Å². The molecule has 0 aliphatic carbocycles. The van der Waals surface area contributed by atoms with Gasteiger partial charge in [-0.3, -0.25) is 9.59 Å². The van der Waals surface area contributed by atoms with Crippen molar-refractivity contribution < 1.29 is 13.2 Å². The van der Waals surface area contributed by atoms with Gasteiger partial charge in [-0.2, -0.15) is 4.31 Å². The average molecular weight is 435 g/mol. The molecule has 0 unspecified atom stereocenters. The van der Waals surface area contributed by atoms with Crippen LogP contribution in [0, 0.1) is 0 Å². The van der Waals surface area contributed by atoms with E-state index in [0.717, 1.165) is 23.2 Å². The number of carbonyl (C=O) groups is 1. The lowest BCUT2D eigenvalue weighted by Gasteiger charge is -2.19. The summed E-state index contributed by atoms with van der Waals surface area (Å²) in [5.74, 6) is -0.336. The molecule has 0 bridgehead atoms. The van der Waals surface area contributed by atoms with Crippen LogP contribution in [0.4, 0.5) is 5.69 Å². The van der Waals surface area contributed by atoms with Crippen molar-refractivity contribution in [1.82, 2.24) is 14.2 Å². The van der Waals surface area contributed by atoms with E-state index in [0.29, 0.717) is 19.6 Å². The number of pyridine rings is 1. The lowest BCUT2D eigenvalue weighted by atomic mass is 10.3. The Bertz CT molecular complexity index is 986. The molecule has 0 fully saturated rings. The normalized spacial score (nSPS) is 11.5. The molecule has 0 atom stereocenters. The Labute approximate surface area is 178 Å². The Morgan fingerprint density at radius 2 is 1.73 bits per heavy atom. The molecule has 1 N–H and O–H groups in total. The first kappa shape index (κ1) is 23.6. The molecule has 2 aromatic rings. The number of hydrogen-bond donors (Lipinski definition) is 1. The van der Waals surface area contributed by atoms with Crippen LogP contribution in [0.25, 0.3) is 0 Å². The Morgan fingerprint density at radius 1 is 1.07 bits per heavy atom. The lowest BCUT2D eigenvalue weighted by molar-refractivity contribution is -0.121. The van der Waals surface area contributed by atoms with Crippen LogP contribution in [0.2, 0.25) is 0 Å². The molecule has 0 radical (unpaired) electrons. The molecule has 8 nitrogen and oxygen atoms in total. The van der Waals surface area contributed by atoms with Crippen molar-refractivity contribution >= 4 is 21.6 Å². The van der Waals surface area contributed by atoms with Gasteiger partial charge in [0.2, 0.25) is 15.9 Å². The maximum absolute atomic E-state index is 12.6. The van der Waals surface area contributed by atoms with Gasteiger partial charge in [0, 0.05) is 51.2 Å². The van der Waals surface area contributed by atoms with Crippen LogP contribution in [0.5, 0.6) is 0 Å². The molecule has 1 heterocycles. The zero-order chi connectivity index (χ0) is 22.1. The molecule has 2 rings (SSSR count). The summed E-state index contributed by atoms with van der Waals surface area (Å²) in [6, 6.07) is 12.4. The second-order valence-electron chi connectivity index (χ2n) is 6.88. The number of sulfonamides is 1. The SMILES string of the molecule is CCN(CC)S(=O)(=O)c1ccc(=O)n(CC(=O)NCCCN(C)c2ccccc2)c1. The molecule has 1 aromatic heterocycles. The minimum absolute atomic E-state index is 0.00286. The van der Waals surface area contributed by atoms with Gasteiger partial charge in [0.1, 0.15) is 6.54 Å². The van der Waals surface area contributed by atoms with Gasteiger partial charge in [-0.25, -0.2) is 8.42 Å². The van der Waals surface area contributed by atoms with Gasteiger partial charge in [-0.1, -0.05) is 32.0 Å². The molecular weight excluding hydrogens is 404 g/mol. The van der Waals surface area contributed by atoms with E-state index in [2.05, 4.69) is 10.2 Å². The highest BCUT2D eigenvalue weighted by Gasteiger charge is 2.22. The fourth-order valence-electron chi connectivity index (χ4n) is 3.06. The van der Waals surface area contributed by atoms with Crippen LogP contribution in [0.3, 0.4) is 0 Å². The maximum atomic E-state index is 12.6. The molecule has 1 amide bonds. The van der Waals surface area contributed by atoms with Gasteiger partial charge >= 0.3 is 0 Å². The van der Waals surface area contributed by atoms with Gasteiger partial charge in [0.15, 0.2) is 0 Å². The number of nitrogens with zero attached hydrogens (tertiary/aromatic N) is 3.